The average molecular weight is 443 g/mol. The van der Waals surface area contributed by atoms with Crippen LogP contribution in [0.4, 0.5) is 0 Å². The van der Waals surface area contributed by atoms with Crippen LogP contribution in [0.5, 0.6) is 11.5 Å². The van der Waals surface area contributed by atoms with Crippen LogP contribution in [0, 0.1) is 52.8 Å². The van der Waals surface area contributed by atoms with Crippen molar-refractivity contribution >= 4 is 11.6 Å². The second-order valence-corrected chi connectivity index (χ2v) is 12.2. The van der Waals surface area contributed by atoms with Crippen LogP contribution in [-0.2, 0) is 0 Å². The summed E-state index contributed by atoms with van der Waals surface area (Å²) in [5, 5.41) is 2.78. The summed E-state index contributed by atoms with van der Waals surface area (Å²) in [6, 6.07) is 16.9. The molecule has 1 spiro atoms. The minimum Gasteiger partial charge on any atom is -0.457 e. The van der Waals surface area contributed by atoms with Crippen LogP contribution in [0.25, 0.3) is 11.6 Å². The number of hydrogen-bond donors (Lipinski definition) is 0. The summed E-state index contributed by atoms with van der Waals surface area (Å²) < 4.78 is 6.17. The molecule has 1 heteroatoms. The number of ether oxygens (including phenoxy) is 1. The first-order valence-corrected chi connectivity index (χ1v) is 13.5. The summed E-state index contributed by atoms with van der Waals surface area (Å²) in [6.07, 6.45) is 20.7. The fourth-order valence-corrected chi connectivity index (χ4v) is 10.2. The van der Waals surface area contributed by atoms with Gasteiger partial charge in [-0.3, -0.25) is 0 Å². The summed E-state index contributed by atoms with van der Waals surface area (Å²) in [7, 11) is 0. The Kier molecular flexibility index (Phi) is 3.40. The highest BCUT2D eigenvalue weighted by Crippen LogP contribution is 2.74. The van der Waals surface area contributed by atoms with E-state index in [2.05, 4.69) is 54.7 Å². The molecule has 0 N–H and O–H groups in total. The Hall–Kier alpha value is -2.80. The third-order valence-corrected chi connectivity index (χ3v) is 11.0. The van der Waals surface area contributed by atoms with E-state index < -0.39 is 0 Å². The minimum atomic E-state index is 0.241. The first-order chi connectivity index (χ1) is 16.8. The van der Waals surface area contributed by atoms with Gasteiger partial charge < -0.3 is 4.74 Å². The van der Waals surface area contributed by atoms with Gasteiger partial charge in [0, 0.05) is 5.41 Å². The summed E-state index contributed by atoms with van der Waals surface area (Å²) >= 11 is 0. The molecule has 4 bridgehead atoms. The Balaban J connectivity index is 1.11. The van der Waals surface area contributed by atoms with Crippen molar-refractivity contribution in [2.45, 2.75) is 25.7 Å². The van der Waals surface area contributed by atoms with Gasteiger partial charge in [-0.25, -0.2) is 0 Å². The van der Waals surface area contributed by atoms with Gasteiger partial charge in [-0.1, -0.05) is 54.6 Å². The first kappa shape index (κ1) is 18.5. The average Bonchev–Trinajstić information content (AvgIpc) is 3.66. The number of rotatable bonds is 2. The van der Waals surface area contributed by atoms with Gasteiger partial charge in [0.05, 0.1) is 0 Å². The Morgan fingerprint density at radius 3 is 2.29 bits per heavy atom. The lowest BCUT2D eigenvalue weighted by Crippen LogP contribution is -2.34. The summed E-state index contributed by atoms with van der Waals surface area (Å²) in [6.45, 7) is 0. The highest BCUT2D eigenvalue weighted by molar-refractivity contribution is 5.88. The van der Waals surface area contributed by atoms with Gasteiger partial charge in [0.15, 0.2) is 0 Å². The minimum absolute atomic E-state index is 0.241. The topological polar surface area (TPSA) is 9.23 Å². The van der Waals surface area contributed by atoms with Gasteiger partial charge in [0.25, 0.3) is 0 Å². The van der Waals surface area contributed by atoms with Crippen LogP contribution < -0.4 is 15.2 Å². The van der Waals surface area contributed by atoms with Crippen molar-refractivity contribution in [1.29, 1.82) is 0 Å². The van der Waals surface area contributed by atoms with Crippen LogP contribution in [-0.4, -0.2) is 0 Å². The van der Waals surface area contributed by atoms with E-state index >= 15 is 0 Å². The highest BCUT2D eigenvalue weighted by Gasteiger charge is 2.68. The molecule has 0 saturated heterocycles. The molecule has 7 aliphatic carbocycles. The predicted octanol–water partition coefficient (Wildman–Crippen LogP) is 6.02. The summed E-state index contributed by atoms with van der Waals surface area (Å²) in [5.74, 6) is 9.57. The van der Waals surface area contributed by atoms with Crippen molar-refractivity contribution in [3.63, 3.8) is 0 Å². The Labute approximate surface area is 201 Å². The van der Waals surface area contributed by atoms with Gasteiger partial charge in [-0.15, -0.1) is 0 Å². The van der Waals surface area contributed by atoms with Crippen LogP contribution in [0.2, 0.25) is 0 Å². The lowest BCUT2D eigenvalue weighted by Gasteiger charge is -2.39. The molecule has 0 radical (unpaired) electrons. The second kappa shape index (κ2) is 6.25. The zero-order valence-electron chi connectivity index (χ0n) is 19.4. The van der Waals surface area contributed by atoms with Crippen molar-refractivity contribution in [3.05, 3.63) is 94.9 Å². The van der Waals surface area contributed by atoms with Gasteiger partial charge >= 0.3 is 0 Å². The van der Waals surface area contributed by atoms with Gasteiger partial charge in [0.1, 0.15) is 11.5 Å². The molecule has 34 heavy (non-hydrogen) atoms. The molecule has 8 unspecified atom stereocenters. The molecule has 9 rings (SSSR count). The largest absolute Gasteiger partial charge is 0.457 e. The lowest BCUT2D eigenvalue weighted by molar-refractivity contribution is 0.108. The number of hydrogen-bond acceptors (Lipinski definition) is 1. The SMILES string of the molecule is C1=CC2(CC3C(C2)C2CC3C3C4C=CC(C4)C23)C2=c3ccc(Oc4ccccc4)cc3=CC2=C1. The maximum atomic E-state index is 6.17. The maximum absolute atomic E-state index is 6.17. The molecule has 0 amide bonds. The molecule has 0 aromatic heterocycles. The molecular formula is C33H30O. The standard InChI is InChI=1S/C33H30O/c1-2-6-23(7-3-1)34-24-10-11-25-22(15-24)14-21-5-4-12-33(32(21)25)17-28-26-16-27(29(28)18-33)31-20-9-8-19(13-20)30(26)31/h1-12,14-15,19-20,26-31H,13,16-18H2. The second-order valence-electron chi connectivity index (χ2n) is 12.2. The lowest BCUT2D eigenvalue weighted by atomic mass is 9.66. The van der Waals surface area contributed by atoms with Gasteiger partial charge in [-0.05, 0) is 125 Å². The quantitative estimate of drug-likeness (QED) is 0.408. The van der Waals surface area contributed by atoms with Crippen LogP contribution in [0.3, 0.4) is 0 Å². The van der Waals surface area contributed by atoms with Crippen molar-refractivity contribution in [1.82, 2.24) is 0 Å². The van der Waals surface area contributed by atoms with Crippen molar-refractivity contribution in [2.75, 3.05) is 0 Å². The molecule has 1 nitrogen and oxygen atoms in total. The normalized spacial score (nSPS) is 43.1. The summed E-state index contributed by atoms with van der Waals surface area (Å²) in [4.78, 5) is 0. The Morgan fingerprint density at radius 2 is 1.53 bits per heavy atom. The van der Waals surface area contributed by atoms with E-state index in [1.54, 1.807) is 12.0 Å². The van der Waals surface area contributed by atoms with E-state index in [1.807, 2.05) is 30.3 Å². The van der Waals surface area contributed by atoms with Crippen molar-refractivity contribution < 1.29 is 4.74 Å². The molecule has 7 aliphatic rings. The number of benzene rings is 2. The Bertz CT molecular complexity index is 1410. The fourth-order valence-electron chi connectivity index (χ4n) is 10.2. The fraction of sp³-hybridized carbons (Fsp3) is 0.394. The Morgan fingerprint density at radius 1 is 0.765 bits per heavy atom. The molecule has 4 saturated carbocycles. The third kappa shape index (κ3) is 2.22. The smallest absolute Gasteiger partial charge is 0.128 e. The van der Waals surface area contributed by atoms with Crippen LogP contribution >= 0.6 is 0 Å². The number of allylic oxidation sites excluding steroid dienone is 6. The van der Waals surface area contributed by atoms with E-state index in [1.165, 1.54) is 35.3 Å². The predicted molar refractivity (Wildman–Crippen MR) is 135 cm³/mol. The monoisotopic (exact) mass is 442 g/mol. The van der Waals surface area contributed by atoms with Gasteiger partial charge in [0.2, 0.25) is 0 Å². The number of fused-ring (bicyclic) bond motifs is 15. The van der Waals surface area contributed by atoms with Crippen molar-refractivity contribution in [2.24, 2.45) is 52.8 Å². The highest BCUT2D eigenvalue weighted by atomic mass is 16.5. The van der Waals surface area contributed by atoms with Crippen LogP contribution in [0.15, 0.2) is 84.5 Å². The van der Waals surface area contributed by atoms with E-state index in [9.17, 15) is 0 Å². The van der Waals surface area contributed by atoms with Gasteiger partial charge in [-0.2, -0.15) is 0 Å². The molecule has 2 aromatic rings. The van der Waals surface area contributed by atoms with E-state index in [0.717, 1.165) is 58.8 Å². The molecule has 0 aliphatic heterocycles. The van der Waals surface area contributed by atoms with E-state index in [4.69, 9.17) is 4.74 Å². The zero-order valence-corrected chi connectivity index (χ0v) is 19.4. The molecule has 0 heterocycles. The van der Waals surface area contributed by atoms with Crippen LogP contribution in [0.1, 0.15) is 25.7 Å². The van der Waals surface area contributed by atoms with E-state index in [-0.39, 0.29) is 5.41 Å². The molecule has 2 aromatic carbocycles. The van der Waals surface area contributed by atoms with E-state index in [0.29, 0.717) is 0 Å². The first-order valence-electron chi connectivity index (χ1n) is 13.5. The summed E-state index contributed by atoms with van der Waals surface area (Å²) in [5.41, 5.74) is 3.31. The molecule has 168 valence electrons. The number of para-hydroxylation sites is 1. The maximum Gasteiger partial charge on any atom is 0.128 e. The third-order valence-electron chi connectivity index (χ3n) is 11.0. The zero-order chi connectivity index (χ0) is 22.0. The molecule has 8 atom stereocenters. The molecule has 4 fully saturated rings. The molecular weight excluding hydrogens is 412 g/mol. The van der Waals surface area contributed by atoms with Crippen molar-refractivity contribution in [3.8, 4) is 11.5 Å².